The predicted molar refractivity (Wildman–Crippen MR) is 60.8 cm³/mol. The van der Waals surface area contributed by atoms with E-state index in [-0.39, 0.29) is 4.90 Å². The lowest BCUT2D eigenvalue weighted by Gasteiger charge is -2.28. The molecule has 0 aromatic heterocycles. The average Bonchev–Trinajstić information content (AvgIpc) is 2.29. The first-order valence-corrected chi connectivity index (χ1v) is 6.57. The molecule has 88 valence electrons. The Morgan fingerprint density at radius 2 is 1.69 bits per heavy atom. The maximum Gasteiger partial charge on any atom is 0.238 e. The normalized spacial score (nSPS) is 17.4. The Balaban J connectivity index is 2.18. The van der Waals surface area contributed by atoms with Crippen molar-refractivity contribution in [2.45, 2.75) is 4.90 Å². The van der Waals surface area contributed by atoms with Gasteiger partial charge in [-0.05, 0) is 24.3 Å². The van der Waals surface area contributed by atoms with E-state index in [1.165, 1.54) is 12.1 Å². The Morgan fingerprint density at radius 3 is 2.19 bits per heavy atom. The molecule has 0 bridgehead atoms. The molecule has 1 aromatic rings. The average molecular weight is 242 g/mol. The molecule has 1 aliphatic heterocycles. The molecule has 1 saturated heterocycles. The van der Waals surface area contributed by atoms with Crippen LogP contribution >= 0.6 is 0 Å². The van der Waals surface area contributed by atoms with Gasteiger partial charge in [-0.2, -0.15) is 0 Å². The van der Waals surface area contributed by atoms with E-state index >= 15 is 0 Å². The number of ether oxygens (including phenoxy) is 1. The first-order valence-electron chi connectivity index (χ1n) is 5.03. The van der Waals surface area contributed by atoms with Gasteiger partial charge in [0.25, 0.3) is 0 Å². The predicted octanol–water partition coefficient (Wildman–Crippen LogP) is 0.171. The molecular weight excluding hydrogens is 228 g/mol. The SMILES string of the molecule is NS(=O)(=O)c1ccc(N2CCOCC2)cc1. The molecule has 6 heteroatoms. The molecular formula is C10H14N2O3S. The number of morpholine rings is 1. The lowest BCUT2D eigenvalue weighted by molar-refractivity contribution is 0.122. The molecule has 5 nitrogen and oxygen atoms in total. The number of nitrogens with zero attached hydrogens (tertiary/aromatic N) is 1. The van der Waals surface area contributed by atoms with E-state index in [1.54, 1.807) is 12.1 Å². The zero-order valence-corrected chi connectivity index (χ0v) is 9.61. The topological polar surface area (TPSA) is 72.6 Å². The highest BCUT2D eigenvalue weighted by atomic mass is 32.2. The molecule has 0 atom stereocenters. The number of anilines is 1. The molecule has 2 N–H and O–H groups in total. The largest absolute Gasteiger partial charge is 0.378 e. The molecule has 0 saturated carbocycles. The molecule has 1 aromatic carbocycles. The summed E-state index contributed by atoms with van der Waals surface area (Å²) in [5.41, 5.74) is 0.996. The third-order valence-electron chi connectivity index (χ3n) is 2.54. The van der Waals surface area contributed by atoms with Crippen molar-refractivity contribution in [1.29, 1.82) is 0 Å². The molecule has 16 heavy (non-hydrogen) atoms. The monoisotopic (exact) mass is 242 g/mol. The number of sulfonamides is 1. The van der Waals surface area contributed by atoms with Crippen molar-refractivity contribution in [2.75, 3.05) is 31.2 Å². The van der Waals surface area contributed by atoms with Crippen molar-refractivity contribution in [3.63, 3.8) is 0 Å². The van der Waals surface area contributed by atoms with E-state index in [4.69, 9.17) is 9.88 Å². The van der Waals surface area contributed by atoms with E-state index in [9.17, 15) is 8.42 Å². The quantitative estimate of drug-likeness (QED) is 0.802. The van der Waals surface area contributed by atoms with E-state index in [0.29, 0.717) is 13.2 Å². The van der Waals surface area contributed by atoms with Gasteiger partial charge >= 0.3 is 0 Å². The van der Waals surface area contributed by atoms with Gasteiger partial charge in [0.15, 0.2) is 0 Å². The molecule has 1 aliphatic rings. The van der Waals surface area contributed by atoms with Crippen LogP contribution in [0.15, 0.2) is 29.2 Å². The second-order valence-electron chi connectivity index (χ2n) is 3.64. The minimum absolute atomic E-state index is 0.143. The summed E-state index contributed by atoms with van der Waals surface area (Å²) in [5, 5.41) is 5.02. The molecule has 0 radical (unpaired) electrons. The van der Waals surface area contributed by atoms with Crippen molar-refractivity contribution < 1.29 is 13.2 Å². The third kappa shape index (κ3) is 2.52. The van der Waals surface area contributed by atoms with Gasteiger partial charge in [-0.15, -0.1) is 0 Å². The van der Waals surface area contributed by atoms with Crippen LogP contribution in [0.1, 0.15) is 0 Å². The molecule has 0 unspecified atom stereocenters. The van der Waals surface area contributed by atoms with Gasteiger partial charge in [0.05, 0.1) is 18.1 Å². The van der Waals surface area contributed by atoms with Crippen LogP contribution in [0.4, 0.5) is 5.69 Å². The van der Waals surface area contributed by atoms with Gasteiger partial charge in [0, 0.05) is 18.8 Å². The zero-order chi connectivity index (χ0) is 11.6. The van der Waals surface area contributed by atoms with Gasteiger partial charge in [-0.3, -0.25) is 0 Å². The van der Waals surface area contributed by atoms with Crippen LogP contribution < -0.4 is 10.0 Å². The van der Waals surface area contributed by atoms with Crippen molar-refractivity contribution >= 4 is 15.7 Å². The Hall–Kier alpha value is -1.11. The summed E-state index contributed by atoms with van der Waals surface area (Å²) >= 11 is 0. The molecule has 2 rings (SSSR count). The first-order chi connectivity index (χ1) is 7.57. The van der Waals surface area contributed by atoms with Gasteiger partial charge in [-0.25, -0.2) is 13.6 Å². The van der Waals surface area contributed by atoms with Gasteiger partial charge < -0.3 is 9.64 Å². The second kappa shape index (κ2) is 4.40. The highest BCUT2D eigenvalue weighted by Gasteiger charge is 2.12. The molecule has 0 amide bonds. The van der Waals surface area contributed by atoms with Crippen LogP contribution in [0, 0.1) is 0 Å². The summed E-state index contributed by atoms with van der Waals surface area (Å²) in [6, 6.07) is 6.59. The fourth-order valence-electron chi connectivity index (χ4n) is 1.67. The van der Waals surface area contributed by atoms with Crippen LogP contribution in [-0.2, 0) is 14.8 Å². The smallest absolute Gasteiger partial charge is 0.238 e. The van der Waals surface area contributed by atoms with Crippen LogP contribution in [0.2, 0.25) is 0 Å². The maximum atomic E-state index is 11.1. The van der Waals surface area contributed by atoms with Crippen LogP contribution in [-0.4, -0.2) is 34.7 Å². The molecule has 0 spiro atoms. The molecule has 1 fully saturated rings. The minimum atomic E-state index is -3.59. The van der Waals surface area contributed by atoms with E-state index in [0.717, 1.165) is 18.8 Å². The second-order valence-corrected chi connectivity index (χ2v) is 5.20. The van der Waals surface area contributed by atoms with Crippen LogP contribution in [0.3, 0.4) is 0 Å². The van der Waals surface area contributed by atoms with Crippen molar-refractivity contribution in [2.24, 2.45) is 5.14 Å². The van der Waals surface area contributed by atoms with Crippen molar-refractivity contribution in [3.05, 3.63) is 24.3 Å². The van der Waals surface area contributed by atoms with Gasteiger partial charge in [0.2, 0.25) is 10.0 Å². The third-order valence-corrected chi connectivity index (χ3v) is 3.47. The molecule has 0 aliphatic carbocycles. The molecule has 1 heterocycles. The van der Waals surface area contributed by atoms with E-state index in [1.807, 2.05) is 0 Å². The summed E-state index contributed by atoms with van der Waals surface area (Å²) in [6.45, 7) is 3.07. The fourth-order valence-corrected chi connectivity index (χ4v) is 2.18. The number of benzene rings is 1. The summed E-state index contributed by atoms with van der Waals surface area (Å²) < 4.78 is 27.4. The number of nitrogens with two attached hydrogens (primary N) is 1. The summed E-state index contributed by atoms with van der Waals surface area (Å²) in [4.78, 5) is 2.29. The fraction of sp³-hybridized carbons (Fsp3) is 0.400. The van der Waals surface area contributed by atoms with Crippen molar-refractivity contribution in [3.8, 4) is 0 Å². The minimum Gasteiger partial charge on any atom is -0.378 e. The number of primary sulfonamides is 1. The lowest BCUT2D eigenvalue weighted by Crippen LogP contribution is -2.36. The summed E-state index contributed by atoms with van der Waals surface area (Å²) in [7, 11) is -3.59. The Bertz CT molecular complexity index is 449. The highest BCUT2D eigenvalue weighted by molar-refractivity contribution is 7.89. The number of rotatable bonds is 2. The van der Waals surface area contributed by atoms with E-state index in [2.05, 4.69) is 4.90 Å². The maximum absolute atomic E-state index is 11.1. The zero-order valence-electron chi connectivity index (χ0n) is 8.80. The Kier molecular flexibility index (Phi) is 3.13. The highest BCUT2D eigenvalue weighted by Crippen LogP contribution is 2.18. The standard InChI is InChI=1S/C10H14N2O3S/c11-16(13,14)10-3-1-9(2-4-10)12-5-7-15-8-6-12/h1-4H,5-8H2,(H2,11,13,14). The van der Waals surface area contributed by atoms with Crippen LogP contribution in [0.5, 0.6) is 0 Å². The lowest BCUT2D eigenvalue weighted by atomic mass is 10.2. The number of hydrogen-bond acceptors (Lipinski definition) is 4. The van der Waals surface area contributed by atoms with Gasteiger partial charge in [-0.1, -0.05) is 0 Å². The van der Waals surface area contributed by atoms with Gasteiger partial charge in [0.1, 0.15) is 0 Å². The Morgan fingerprint density at radius 1 is 1.12 bits per heavy atom. The van der Waals surface area contributed by atoms with E-state index < -0.39 is 10.0 Å². The van der Waals surface area contributed by atoms with Crippen LogP contribution in [0.25, 0.3) is 0 Å². The van der Waals surface area contributed by atoms with Crippen molar-refractivity contribution in [1.82, 2.24) is 0 Å². The Labute approximate surface area is 94.9 Å². The first kappa shape index (κ1) is 11.4. The summed E-state index contributed by atoms with van der Waals surface area (Å²) in [5.74, 6) is 0. The summed E-state index contributed by atoms with van der Waals surface area (Å²) in [6.07, 6.45) is 0. The number of hydrogen-bond donors (Lipinski definition) is 1.